The monoisotopic (exact) mass is 626 g/mol. The van der Waals surface area contributed by atoms with Crippen LogP contribution < -0.4 is 10.6 Å². The maximum absolute atomic E-state index is 14.3. The van der Waals surface area contributed by atoms with Crippen molar-refractivity contribution < 1.29 is 24.4 Å². The van der Waals surface area contributed by atoms with Gasteiger partial charge in [0.2, 0.25) is 5.91 Å². The quantitative estimate of drug-likeness (QED) is 0.169. The summed E-state index contributed by atoms with van der Waals surface area (Å²) in [4.78, 5) is 39.9. The predicted octanol–water partition coefficient (Wildman–Crippen LogP) is 5.11. The van der Waals surface area contributed by atoms with Gasteiger partial charge in [0.15, 0.2) is 0 Å². The summed E-state index contributed by atoms with van der Waals surface area (Å²) in [5, 5.41) is 30.4. The number of carbonyl (C=O) groups excluding carboxylic acids is 2. The minimum Gasteiger partial charge on any atom is -0.465 e. The largest absolute Gasteiger partial charge is 0.465 e. The van der Waals surface area contributed by atoms with E-state index in [1.165, 1.54) is 25.3 Å². The van der Waals surface area contributed by atoms with Crippen LogP contribution in [0.1, 0.15) is 46.8 Å². The molecule has 2 heterocycles. The van der Waals surface area contributed by atoms with E-state index in [1.54, 1.807) is 18.2 Å². The number of carbonyl (C=O) groups is 2. The third-order valence-electron chi connectivity index (χ3n) is 8.25. The van der Waals surface area contributed by atoms with Gasteiger partial charge in [-0.05, 0) is 41.8 Å². The van der Waals surface area contributed by atoms with Gasteiger partial charge in [-0.15, -0.1) is 0 Å². The lowest BCUT2D eigenvalue weighted by molar-refractivity contribution is -0.385. The molecule has 3 aromatic carbocycles. The molecule has 1 fully saturated rings. The van der Waals surface area contributed by atoms with Crippen molar-refractivity contribution in [3.05, 3.63) is 103 Å². The zero-order chi connectivity index (χ0) is 31.1. The first-order valence-electron chi connectivity index (χ1n) is 13.9. The van der Waals surface area contributed by atoms with Gasteiger partial charge in [0.05, 0.1) is 30.2 Å². The molecular weight excluding hydrogens is 595 g/mol. The van der Waals surface area contributed by atoms with Crippen molar-refractivity contribution in [2.45, 2.75) is 43.9 Å². The number of anilines is 1. The summed E-state index contributed by atoms with van der Waals surface area (Å²) in [7, 11) is 1.21. The maximum Gasteiger partial charge on any atom is 0.338 e. The average Bonchev–Trinajstić information content (AvgIpc) is 3.40. The number of nitro benzene ring substituents is 1. The highest BCUT2D eigenvalue weighted by molar-refractivity contribution is 6.31. The van der Waals surface area contributed by atoms with E-state index in [2.05, 4.69) is 10.6 Å². The first-order valence-corrected chi connectivity index (χ1v) is 14.6. The van der Waals surface area contributed by atoms with Gasteiger partial charge in [-0.2, -0.15) is 0 Å². The lowest BCUT2D eigenvalue weighted by Crippen LogP contribution is -2.53. The van der Waals surface area contributed by atoms with Crippen molar-refractivity contribution in [3.8, 4) is 0 Å². The van der Waals surface area contributed by atoms with Crippen LogP contribution in [0.25, 0.3) is 0 Å². The summed E-state index contributed by atoms with van der Waals surface area (Å²) in [5.41, 5.74) is 0.972. The Bertz CT molecular complexity index is 1580. The van der Waals surface area contributed by atoms with E-state index >= 15 is 0 Å². The van der Waals surface area contributed by atoms with E-state index in [4.69, 9.17) is 27.9 Å². The standard InChI is InChI=1S/C31H32Cl2N4O6/c1-17(2)15-36-26(16-38)28(34-14-20-8-7-19(29(39)43-3)12-25(20)37(41)42)27(18-5-4-6-21(32)11-18)31(36)23-10-9-22(33)13-24(23)35-30(31)40/h4-13,17,26-28,34,38H,14-16H2,1-3H3,(H,35,40)/t26-,27-,28+,31+/m0/s1. The number of fused-ring (bicyclic) bond motifs is 2. The van der Waals surface area contributed by atoms with Gasteiger partial charge in [-0.25, -0.2) is 4.79 Å². The van der Waals surface area contributed by atoms with E-state index in [-0.39, 0.29) is 36.2 Å². The SMILES string of the molecule is COC(=O)c1ccc(CN[C@@H]2[C@H](CO)N(CC(C)C)[C@@]3(C(=O)Nc4cc(Cl)ccc43)[C@H]2c2cccc(Cl)c2)c([N+](=O)[O-])c1. The summed E-state index contributed by atoms with van der Waals surface area (Å²) in [6.45, 7) is 4.29. The smallest absolute Gasteiger partial charge is 0.338 e. The minimum atomic E-state index is -1.25. The number of aliphatic hydroxyl groups excluding tert-OH is 1. The van der Waals surface area contributed by atoms with Crippen molar-refractivity contribution in [1.29, 1.82) is 0 Å². The van der Waals surface area contributed by atoms with Gasteiger partial charge >= 0.3 is 5.97 Å². The molecule has 10 nitrogen and oxygen atoms in total. The Morgan fingerprint density at radius 2 is 1.91 bits per heavy atom. The Hall–Kier alpha value is -3.54. The second-order valence-corrected chi connectivity index (χ2v) is 12.1. The lowest BCUT2D eigenvalue weighted by Gasteiger charge is -2.40. The van der Waals surface area contributed by atoms with Crippen LogP contribution in [0.3, 0.4) is 0 Å². The predicted molar refractivity (Wildman–Crippen MR) is 163 cm³/mol. The highest BCUT2D eigenvalue weighted by atomic mass is 35.5. The van der Waals surface area contributed by atoms with Gasteiger partial charge in [0.1, 0.15) is 5.54 Å². The fourth-order valence-corrected chi connectivity index (χ4v) is 7.02. The first kappa shape index (κ1) is 30.9. The number of nitro groups is 1. The van der Waals surface area contributed by atoms with Crippen LogP contribution in [0.4, 0.5) is 11.4 Å². The number of amides is 1. The van der Waals surface area contributed by atoms with Gasteiger partial charge in [-0.3, -0.25) is 19.8 Å². The Morgan fingerprint density at radius 3 is 2.56 bits per heavy atom. The molecular formula is C31H32Cl2N4O6. The molecule has 2 aliphatic heterocycles. The second-order valence-electron chi connectivity index (χ2n) is 11.2. The molecule has 3 aromatic rings. The molecule has 12 heteroatoms. The molecule has 0 unspecified atom stereocenters. The number of ether oxygens (including phenoxy) is 1. The number of nitrogens with one attached hydrogen (secondary N) is 2. The number of nitrogens with zero attached hydrogens (tertiary/aromatic N) is 2. The van der Waals surface area contributed by atoms with Crippen molar-refractivity contribution in [2.24, 2.45) is 5.92 Å². The number of benzene rings is 3. The molecule has 1 spiro atoms. The molecule has 1 saturated heterocycles. The van der Waals surface area contributed by atoms with Crippen LogP contribution in [0.5, 0.6) is 0 Å². The third kappa shape index (κ3) is 5.38. The van der Waals surface area contributed by atoms with Crippen molar-refractivity contribution in [2.75, 3.05) is 25.6 Å². The Kier molecular flexibility index (Phi) is 8.78. The molecule has 0 aliphatic carbocycles. The van der Waals surface area contributed by atoms with Crippen LogP contribution in [0.15, 0.2) is 60.7 Å². The first-order chi connectivity index (χ1) is 20.5. The van der Waals surface area contributed by atoms with Crippen molar-refractivity contribution in [1.82, 2.24) is 10.2 Å². The molecule has 226 valence electrons. The number of aliphatic hydroxyl groups is 1. The summed E-state index contributed by atoms with van der Waals surface area (Å²) in [5.74, 6) is -1.39. The number of esters is 1. The van der Waals surface area contributed by atoms with Gasteiger partial charge in [0, 0.05) is 58.0 Å². The molecule has 0 aromatic heterocycles. The summed E-state index contributed by atoms with van der Waals surface area (Å²) in [6.07, 6.45) is 0. The van der Waals surface area contributed by atoms with E-state index in [1.807, 2.05) is 43.0 Å². The molecule has 43 heavy (non-hydrogen) atoms. The van der Waals surface area contributed by atoms with E-state index in [0.29, 0.717) is 27.8 Å². The molecule has 3 N–H and O–H groups in total. The highest BCUT2D eigenvalue weighted by Crippen LogP contribution is 2.57. The maximum atomic E-state index is 14.3. The molecule has 2 aliphatic rings. The molecule has 0 saturated carbocycles. The Morgan fingerprint density at radius 1 is 1.16 bits per heavy atom. The van der Waals surface area contributed by atoms with Crippen LogP contribution >= 0.6 is 23.2 Å². The average molecular weight is 628 g/mol. The number of likely N-dealkylation sites (tertiary alicyclic amines) is 1. The van der Waals surface area contributed by atoms with E-state index < -0.39 is 34.4 Å². The fourth-order valence-electron chi connectivity index (χ4n) is 6.65. The Labute approximate surface area is 259 Å². The fraction of sp³-hybridized carbons (Fsp3) is 0.355. The molecule has 0 radical (unpaired) electrons. The highest BCUT2D eigenvalue weighted by Gasteiger charge is 2.66. The summed E-state index contributed by atoms with van der Waals surface area (Å²) < 4.78 is 4.73. The number of hydrogen-bond acceptors (Lipinski definition) is 8. The molecule has 1 amide bonds. The van der Waals surface area contributed by atoms with Gasteiger partial charge < -0.3 is 20.5 Å². The zero-order valence-electron chi connectivity index (χ0n) is 23.8. The second kappa shape index (κ2) is 12.2. The summed E-state index contributed by atoms with van der Waals surface area (Å²) in [6, 6.07) is 15.6. The number of hydrogen-bond donors (Lipinski definition) is 3. The van der Waals surface area contributed by atoms with E-state index in [0.717, 1.165) is 11.1 Å². The normalized spacial score (nSPS) is 23.0. The third-order valence-corrected chi connectivity index (χ3v) is 8.72. The van der Waals surface area contributed by atoms with Crippen LogP contribution in [0.2, 0.25) is 10.0 Å². The number of halogens is 2. The molecule has 0 bridgehead atoms. The topological polar surface area (TPSA) is 134 Å². The Balaban J connectivity index is 1.67. The number of rotatable bonds is 9. The van der Waals surface area contributed by atoms with Crippen molar-refractivity contribution >= 4 is 46.5 Å². The molecule has 5 rings (SSSR count). The van der Waals surface area contributed by atoms with Crippen LogP contribution in [-0.4, -0.2) is 59.2 Å². The van der Waals surface area contributed by atoms with Gasteiger partial charge in [0.25, 0.3) is 5.69 Å². The van der Waals surface area contributed by atoms with Crippen LogP contribution in [0, 0.1) is 16.0 Å². The minimum absolute atomic E-state index is 0.0245. The van der Waals surface area contributed by atoms with E-state index in [9.17, 15) is 24.8 Å². The lowest BCUT2D eigenvalue weighted by atomic mass is 9.73. The van der Waals surface area contributed by atoms with Crippen LogP contribution in [-0.2, 0) is 21.6 Å². The molecule has 4 atom stereocenters. The van der Waals surface area contributed by atoms with Crippen molar-refractivity contribution in [3.63, 3.8) is 0 Å². The van der Waals surface area contributed by atoms with Gasteiger partial charge in [-0.1, -0.05) is 61.3 Å². The summed E-state index contributed by atoms with van der Waals surface area (Å²) >= 11 is 12.8. The number of methoxy groups -OCH3 is 1. The zero-order valence-corrected chi connectivity index (χ0v) is 25.4.